The Morgan fingerprint density at radius 3 is 2.54 bits per heavy atom. The molecule has 0 radical (unpaired) electrons. The molecule has 2 aliphatic heterocycles. The summed E-state index contributed by atoms with van der Waals surface area (Å²) in [5, 5.41) is 20.1. The summed E-state index contributed by atoms with van der Waals surface area (Å²) in [5.74, 6) is 1.54. The van der Waals surface area contributed by atoms with Crippen molar-refractivity contribution in [3.63, 3.8) is 0 Å². The summed E-state index contributed by atoms with van der Waals surface area (Å²) in [4.78, 5) is 19.2. The molecule has 0 bridgehead atoms. The van der Waals surface area contributed by atoms with Gasteiger partial charge in [0.1, 0.15) is 11.5 Å². The van der Waals surface area contributed by atoms with E-state index in [2.05, 4.69) is 48.5 Å². The average molecular weight is 523 g/mol. The summed E-state index contributed by atoms with van der Waals surface area (Å²) >= 11 is 0. The molecule has 39 heavy (non-hydrogen) atoms. The van der Waals surface area contributed by atoms with Gasteiger partial charge < -0.3 is 14.3 Å². The van der Waals surface area contributed by atoms with Crippen molar-refractivity contribution in [3.05, 3.63) is 60.5 Å². The van der Waals surface area contributed by atoms with Crippen LogP contribution in [-0.4, -0.2) is 86.5 Å². The number of benzene rings is 2. The van der Waals surface area contributed by atoms with Gasteiger partial charge in [0.2, 0.25) is 5.91 Å². The van der Waals surface area contributed by atoms with Crippen LogP contribution >= 0.6 is 0 Å². The molecule has 2 aliphatic rings. The third-order valence-electron chi connectivity index (χ3n) is 7.92. The first-order chi connectivity index (χ1) is 19.2. The van der Waals surface area contributed by atoms with Crippen LogP contribution in [0.25, 0.3) is 39.1 Å². The van der Waals surface area contributed by atoms with Crippen molar-refractivity contribution in [2.45, 2.75) is 19.8 Å². The van der Waals surface area contributed by atoms with Gasteiger partial charge in [0.15, 0.2) is 11.5 Å². The Balaban J connectivity index is 1.16. The van der Waals surface area contributed by atoms with Crippen molar-refractivity contribution in [1.29, 1.82) is 0 Å². The number of nitrogens with zero attached hydrogens (tertiary/aromatic N) is 8. The third-order valence-corrected chi connectivity index (χ3v) is 7.92. The van der Waals surface area contributed by atoms with Crippen LogP contribution in [0.15, 0.2) is 59.3 Å². The standard InChI is InChI=1S/C29H30N8O2/c1-20-26(27(33-39-20)21-7-3-2-4-8-21)29-32-31-28-24-17-23(10-9-22(24)18-30-37(28)29)35-15-13-34(14-16-35)19-25(38)36-11-5-6-12-36/h2-4,7-10,17-18H,5-6,11-16,19H2,1H3. The topological polar surface area (TPSA) is 95.9 Å². The molecule has 10 nitrogen and oxygen atoms in total. The summed E-state index contributed by atoms with van der Waals surface area (Å²) in [5.41, 5.74) is 4.29. The number of aryl methyl sites for hydroxylation is 1. The van der Waals surface area contributed by atoms with E-state index in [0.29, 0.717) is 23.8 Å². The lowest BCUT2D eigenvalue weighted by atomic mass is 10.1. The summed E-state index contributed by atoms with van der Waals surface area (Å²) in [7, 11) is 0. The summed E-state index contributed by atoms with van der Waals surface area (Å²) in [6.45, 7) is 7.71. The molecule has 2 aromatic carbocycles. The van der Waals surface area contributed by atoms with Crippen molar-refractivity contribution >= 4 is 28.0 Å². The quantitative estimate of drug-likeness (QED) is 0.345. The monoisotopic (exact) mass is 522 g/mol. The maximum Gasteiger partial charge on any atom is 0.236 e. The molecule has 0 unspecified atom stereocenters. The van der Waals surface area contributed by atoms with Gasteiger partial charge in [0, 0.05) is 61.3 Å². The number of hydrogen-bond donors (Lipinski definition) is 0. The van der Waals surface area contributed by atoms with E-state index in [4.69, 9.17) is 4.52 Å². The molecule has 1 amide bonds. The molecule has 10 heteroatoms. The van der Waals surface area contributed by atoms with E-state index in [1.54, 1.807) is 4.52 Å². The first-order valence-electron chi connectivity index (χ1n) is 13.6. The molecular weight excluding hydrogens is 492 g/mol. The first kappa shape index (κ1) is 23.8. The van der Waals surface area contributed by atoms with E-state index in [-0.39, 0.29) is 5.91 Å². The molecule has 5 heterocycles. The van der Waals surface area contributed by atoms with Crippen molar-refractivity contribution < 1.29 is 9.32 Å². The van der Waals surface area contributed by atoms with Crippen LogP contribution in [0, 0.1) is 6.92 Å². The lowest BCUT2D eigenvalue weighted by Crippen LogP contribution is -2.49. The zero-order valence-corrected chi connectivity index (χ0v) is 22.0. The number of amides is 1. The highest BCUT2D eigenvalue weighted by Gasteiger charge is 2.25. The molecule has 3 aromatic heterocycles. The molecule has 0 spiro atoms. The van der Waals surface area contributed by atoms with E-state index >= 15 is 0 Å². The van der Waals surface area contributed by atoms with Crippen LogP contribution in [0.1, 0.15) is 18.6 Å². The minimum atomic E-state index is 0.266. The highest BCUT2D eigenvalue weighted by Crippen LogP contribution is 2.34. The Bertz CT molecular complexity index is 1650. The van der Waals surface area contributed by atoms with Crippen LogP contribution in [0.2, 0.25) is 0 Å². The van der Waals surface area contributed by atoms with Crippen LogP contribution in [0.3, 0.4) is 0 Å². The number of rotatable bonds is 5. The Morgan fingerprint density at radius 2 is 1.74 bits per heavy atom. The SMILES string of the molecule is Cc1onc(-c2ccccc2)c1-c1nnc2c3cc(N4CCN(CC(=O)N5CCCC5)CC4)ccc3cnn12. The number of likely N-dealkylation sites (tertiary alicyclic amines) is 1. The lowest BCUT2D eigenvalue weighted by molar-refractivity contribution is -0.131. The van der Waals surface area contributed by atoms with Crippen molar-refractivity contribution in [2.75, 3.05) is 50.7 Å². The van der Waals surface area contributed by atoms with Gasteiger partial charge in [-0.3, -0.25) is 9.69 Å². The van der Waals surface area contributed by atoms with E-state index < -0.39 is 0 Å². The number of piperazine rings is 1. The Kier molecular flexibility index (Phi) is 5.96. The van der Waals surface area contributed by atoms with E-state index in [0.717, 1.165) is 85.4 Å². The van der Waals surface area contributed by atoms with E-state index in [1.165, 1.54) is 0 Å². The van der Waals surface area contributed by atoms with Crippen molar-refractivity contribution in [1.82, 2.24) is 34.8 Å². The molecule has 5 aromatic rings. The fourth-order valence-corrected chi connectivity index (χ4v) is 5.73. The van der Waals surface area contributed by atoms with E-state index in [9.17, 15) is 4.79 Å². The predicted molar refractivity (Wildman–Crippen MR) is 148 cm³/mol. The molecule has 2 saturated heterocycles. The highest BCUT2D eigenvalue weighted by molar-refractivity contribution is 5.96. The summed E-state index contributed by atoms with van der Waals surface area (Å²) in [6.07, 6.45) is 4.11. The zero-order valence-electron chi connectivity index (χ0n) is 22.0. The molecule has 2 fully saturated rings. The molecule has 0 atom stereocenters. The van der Waals surface area contributed by atoms with Crippen LogP contribution < -0.4 is 4.90 Å². The Morgan fingerprint density at radius 1 is 0.949 bits per heavy atom. The number of anilines is 1. The van der Waals surface area contributed by atoms with Crippen LogP contribution in [0.4, 0.5) is 5.69 Å². The van der Waals surface area contributed by atoms with Gasteiger partial charge in [0.05, 0.1) is 18.3 Å². The van der Waals surface area contributed by atoms with E-state index in [1.807, 2.05) is 48.4 Å². The minimum Gasteiger partial charge on any atom is -0.369 e. The molecule has 0 N–H and O–H groups in total. The summed E-state index contributed by atoms with van der Waals surface area (Å²) in [6, 6.07) is 16.3. The largest absolute Gasteiger partial charge is 0.369 e. The normalized spacial score (nSPS) is 16.5. The van der Waals surface area contributed by atoms with Gasteiger partial charge in [0.25, 0.3) is 0 Å². The van der Waals surface area contributed by atoms with Gasteiger partial charge in [-0.15, -0.1) is 10.2 Å². The fraction of sp³-hybridized carbons (Fsp3) is 0.345. The first-order valence-corrected chi connectivity index (χ1v) is 13.6. The van der Waals surface area contributed by atoms with Gasteiger partial charge in [-0.05, 0) is 31.9 Å². The fourth-order valence-electron chi connectivity index (χ4n) is 5.73. The summed E-state index contributed by atoms with van der Waals surface area (Å²) < 4.78 is 7.35. The average Bonchev–Trinajstić information content (AvgIpc) is 3.74. The van der Waals surface area contributed by atoms with Crippen LogP contribution in [0.5, 0.6) is 0 Å². The number of carbonyl (C=O) groups excluding carboxylic acids is 1. The van der Waals surface area contributed by atoms with Crippen molar-refractivity contribution in [3.8, 4) is 22.6 Å². The number of fused-ring (bicyclic) bond motifs is 3. The van der Waals surface area contributed by atoms with Crippen LogP contribution in [-0.2, 0) is 4.79 Å². The molecule has 0 saturated carbocycles. The molecular formula is C29H30N8O2. The zero-order chi connectivity index (χ0) is 26.3. The number of hydrogen-bond acceptors (Lipinski definition) is 8. The van der Waals surface area contributed by atoms with Gasteiger partial charge in [-0.2, -0.15) is 9.61 Å². The lowest BCUT2D eigenvalue weighted by Gasteiger charge is -2.36. The molecule has 0 aliphatic carbocycles. The number of aromatic nitrogens is 5. The second-order valence-corrected chi connectivity index (χ2v) is 10.4. The minimum absolute atomic E-state index is 0.266. The molecule has 7 rings (SSSR count). The Hall–Kier alpha value is -4.31. The highest BCUT2D eigenvalue weighted by atomic mass is 16.5. The van der Waals surface area contributed by atoms with Gasteiger partial charge >= 0.3 is 0 Å². The second-order valence-electron chi connectivity index (χ2n) is 10.4. The second kappa shape index (κ2) is 9.77. The smallest absolute Gasteiger partial charge is 0.236 e. The third kappa shape index (κ3) is 4.30. The van der Waals surface area contributed by atoms with Gasteiger partial charge in [-0.1, -0.05) is 41.6 Å². The predicted octanol–water partition coefficient (Wildman–Crippen LogP) is 3.65. The van der Waals surface area contributed by atoms with Gasteiger partial charge in [-0.25, -0.2) is 0 Å². The Labute approximate surface area is 225 Å². The number of carbonyl (C=O) groups is 1. The maximum absolute atomic E-state index is 12.6. The maximum atomic E-state index is 12.6. The molecule has 198 valence electrons. The van der Waals surface area contributed by atoms with Crippen molar-refractivity contribution in [2.24, 2.45) is 0 Å².